The predicted molar refractivity (Wildman–Crippen MR) is 125 cm³/mol. The monoisotopic (exact) mass is 447 g/mol. The Morgan fingerprint density at radius 2 is 1.88 bits per heavy atom. The Hall–Kier alpha value is -3.32. The molecule has 3 aromatic rings. The summed E-state index contributed by atoms with van der Waals surface area (Å²) in [4.78, 5) is 35.6. The number of allylic oxidation sites excluding steroid dienone is 1. The van der Waals surface area contributed by atoms with Crippen LogP contribution in [0.4, 0.5) is 0 Å². The average molecular weight is 448 g/mol. The van der Waals surface area contributed by atoms with E-state index in [0.717, 1.165) is 11.1 Å². The lowest BCUT2D eigenvalue weighted by Crippen LogP contribution is -2.39. The Balaban J connectivity index is 1.94. The number of esters is 1. The molecule has 0 N–H and O–H groups in total. The van der Waals surface area contributed by atoms with Crippen molar-refractivity contribution < 1.29 is 9.53 Å². The molecule has 1 aliphatic rings. The first kappa shape index (κ1) is 21.9. The van der Waals surface area contributed by atoms with Gasteiger partial charge in [0, 0.05) is 12.4 Å². The van der Waals surface area contributed by atoms with Crippen LogP contribution in [0.15, 0.2) is 69.8 Å². The van der Waals surface area contributed by atoms with E-state index in [1.165, 1.54) is 16.9 Å². The number of aromatic nitrogens is 2. The van der Waals surface area contributed by atoms with E-state index in [2.05, 4.69) is 23.8 Å². The van der Waals surface area contributed by atoms with Gasteiger partial charge in [0.2, 0.25) is 0 Å². The van der Waals surface area contributed by atoms with E-state index in [1.54, 1.807) is 30.8 Å². The van der Waals surface area contributed by atoms with Crippen LogP contribution < -0.4 is 14.9 Å². The van der Waals surface area contributed by atoms with E-state index >= 15 is 0 Å². The Bertz CT molecular complexity index is 1350. The number of benzene rings is 1. The van der Waals surface area contributed by atoms with E-state index in [4.69, 9.17) is 4.74 Å². The van der Waals surface area contributed by atoms with Crippen molar-refractivity contribution in [2.45, 2.75) is 39.7 Å². The maximum atomic E-state index is 13.5. The summed E-state index contributed by atoms with van der Waals surface area (Å²) in [5.41, 5.74) is 3.70. The SMILES string of the molecule is CCOC(=O)C1=C(C)N=c2sc(=Cc3ccncc3)c(=O)n2C1c1ccc(C(C)C)cc1. The van der Waals surface area contributed by atoms with Crippen molar-refractivity contribution in [2.24, 2.45) is 4.99 Å². The van der Waals surface area contributed by atoms with Gasteiger partial charge in [-0.1, -0.05) is 49.4 Å². The number of carbonyl (C=O) groups is 1. The highest BCUT2D eigenvalue weighted by Crippen LogP contribution is 2.31. The van der Waals surface area contributed by atoms with E-state index in [0.29, 0.717) is 26.5 Å². The summed E-state index contributed by atoms with van der Waals surface area (Å²) in [6, 6.07) is 11.2. The lowest BCUT2D eigenvalue weighted by Gasteiger charge is -2.25. The molecule has 0 spiro atoms. The van der Waals surface area contributed by atoms with E-state index in [-0.39, 0.29) is 12.2 Å². The molecular weight excluding hydrogens is 422 g/mol. The van der Waals surface area contributed by atoms with Crippen LogP contribution in [0.25, 0.3) is 6.08 Å². The molecule has 0 amide bonds. The minimum Gasteiger partial charge on any atom is -0.463 e. The molecule has 6 nitrogen and oxygen atoms in total. The molecule has 7 heteroatoms. The first-order valence-electron chi connectivity index (χ1n) is 10.6. The molecule has 0 bridgehead atoms. The molecule has 1 aromatic carbocycles. The largest absolute Gasteiger partial charge is 0.463 e. The number of thiazole rings is 1. The van der Waals surface area contributed by atoms with Gasteiger partial charge in [0.1, 0.15) is 0 Å². The second-order valence-electron chi connectivity index (χ2n) is 7.90. The Morgan fingerprint density at radius 3 is 2.50 bits per heavy atom. The highest BCUT2D eigenvalue weighted by molar-refractivity contribution is 7.07. The number of rotatable bonds is 5. The molecule has 1 atom stereocenters. The molecule has 3 heterocycles. The van der Waals surface area contributed by atoms with Crippen molar-refractivity contribution in [1.29, 1.82) is 0 Å². The highest BCUT2D eigenvalue weighted by Gasteiger charge is 2.33. The number of carbonyl (C=O) groups excluding carboxylic acids is 1. The third-order valence-corrected chi connectivity index (χ3v) is 6.42. The summed E-state index contributed by atoms with van der Waals surface area (Å²) in [5, 5.41) is 0. The number of hydrogen-bond donors (Lipinski definition) is 0. The molecule has 0 radical (unpaired) electrons. The van der Waals surface area contributed by atoms with Gasteiger partial charge in [-0.25, -0.2) is 9.79 Å². The summed E-state index contributed by atoms with van der Waals surface area (Å²) in [6.07, 6.45) is 5.20. The Labute approximate surface area is 190 Å². The number of pyridine rings is 1. The quantitative estimate of drug-likeness (QED) is 0.563. The van der Waals surface area contributed by atoms with Crippen LogP contribution in [0.5, 0.6) is 0 Å². The van der Waals surface area contributed by atoms with Gasteiger partial charge in [0.05, 0.1) is 28.5 Å². The topological polar surface area (TPSA) is 73.6 Å². The predicted octanol–water partition coefficient (Wildman–Crippen LogP) is 3.32. The second-order valence-corrected chi connectivity index (χ2v) is 8.91. The fourth-order valence-corrected chi connectivity index (χ4v) is 4.83. The Kier molecular flexibility index (Phi) is 6.19. The second kappa shape index (κ2) is 9.04. The standard InChI is InChI=1S/C25H25N3O3S/c1-5-31-24(30)21-16(4)27-25-28(22(21)19-8-6-18(7-9-19)15(2)3)23(29)20(32-25)14-17-10-12-26-13-11-17/h6-15,22H,5H2,1-4H3. The first-order valence-corrected chi connectivity index (χ1v) is 11.4. The van der Waals surface area contributed by atoms with E-state index < -0.39 is 12.0 Å². The number of nitrogens with zero attached hydrogens (tertiary/aromatic N) is 3. The number of fused-ring (bicyclic) bond motifs is 1. The molecule has 1 aliphatic heterocycles. The highest BCUT2D eigenvalue weighted by atomic mass is 32.1. The Morgan fingerprint density at radius 1 is 1.19 bits per heavy atom. The van der Waals surface area contributed by atoms with E-state index in [1.807, 2.05) is 42.5 Å². The van der Waals surface area contributed by atoms with Gasteiger partial charge in [-0.3, -0.25) is 14.3 Å². The van der Waals surface area contributed by atoms with Gasteiger partial charge in [0.15, 0.2) is 4.80 Å². The molecule has 1 unspecified atom stereocenters. The van der Waals surface area contributed by atoms with Gasteiger partial charge in [-0.2, -0.15) is 0 Å². The first-order chi connectivity index (χ1) is 15.4. The molecule has 164 valence electrons. The maximum Gasteiger partial charge on any atom is 0.338 e. The minimum absolute atomic E-state index is 0.183. The van der Waals surface area contributed by atoms with Crippen LogP contribution in [0.3, 0.4) is 0 Å². The summed E-state index contributed by atoms with van der Waals surface area (Å²) in [7, 11) is 0. The minimum atomic E-state index is -0.592. The maximum absolute atomic E-state index is 13.5. The average Bonchev–Trinajstić information content (AvgIpc) is 3.08. The fourth-order valence-electron chi connectivity index (χ4n) is 3.78. The zero-order valence-corrected chi connectivity index (χ0v) is 19.3. The summed E-state index contributed by atoms with van der Waals surface area (Å²) >= 11 is 1.32. The zero-order valence-electron chi connectivity index (χ0n) is 18.5. The van der Waals surface area contributed by atoms with Crippen LogP contribution in [0.1, 0.15) is 56.3 Å². The molecule has 0 fully saturated rings. The van der Waals surface area contributed by atoms with Gasteiger partial charge in [0.25, 0.3) is 5.56 Å². The summed E-state index contributed by atoms with van der Waals surface area (Å²) in [6.45, 7) is 8.07. The van der Waals surface area contributed by atoms with Crippen molar-refractivity contribution in [3.63, 3.8) is 0 Å². The lowest BCUT2D eigenvalue weighted by molar-refractivity contribution is -0.139. The van der Waals surface area contributed by atoms with Crippen LogP contribution in [0.2, 0.25) is 0 Å². The molecular formula is C25H25N3O3S. The molecule has 4 rings (SSSR count). The third-order valence-electron chi connectivity index (χ3n) is 5.44. The van der Waals surface area contributed by atoms with E-state index in [9.17, 15) is 9.59 Å². The third kappa shape index (κ3) is 4.08. The van der Waals surface area contributed by atoms with Crippen LogP contribution in [-0.4, -0.2) is 22.1 Å². The molecule has 0 aliphatic carbocycles. The molecule has 32 heavy (non-hydrogen) atoms. The summed E-state index contributed by atoms with van der Waals surface area (Å²) < 4.78 is 7.50. The van der Waals surface area contributed by atoms with Crippen molar-refractivity contribution in [3.05, 3.63) is 96.4 Å². The zero-order chi connectivity index (χ0) is 22.8. The van der Waals surface area contributed by atoms with Crippen LogP contribution in [0, 0.1) is 0 Å². The van der Waals surface area contributed by atoms with Crippen LogP contribution in [-0.2, 0) is 9.53 Å². The smallest absolute Gasteiger partial charge is 0.338 e. The van der Waals surface area contributed by atoms with Gasteiger partial charge < -0.3 is 4.74 Å². The number of hydrogen-bond acceptors (Lipinski definition) is 6. The van der Waals surface area contributed by atoms with Gasteiger partial charge in [-0.05, 0) is 54.7 Å². The van der Waals surface area contributed by atoms with Gasteiger partial charge in [-0.15, -0.1) is 0 Å². The molecule has 0 saturated carbocycles. The molecule has 2 aromatic heterocycles. The van der Waals surface area contributed by atoms with Crippen LogP contribution >= 0.6 is 11.3 Å². The fraction of sp³-hybridized carbons (Fsp3) is 0.280. The van der Waals surface area contributed by atoms with Crippen molar-refractivity contribution in [1.82, 2.24) is 9.55 Å². The summed E-state index contributed by atoms with van der Waals surface area (Å²) in [5.74, 6) is -0.0664. The molecule has 0 saturated heterocycles. The van der Waals surface area contributed by atoms with Crippen molar-refractivity contribution in [2.75, 3.05) is 6.61 Å². The van der Waals surface area contributed by atoms with Crippen molar-refractivity contribution >= 4 is 23.4 Å². The number of ether oxygens (including phenoxy) is 1. The lowest BCUT2D eigenvalue weighted by atomic mass is 9.93. The van der Waals surface area contributed by atoms with Crippen molar-refractivity contribution in [3.8, 4) is 0 Å². The van der Waals surface area contributed by atoms with Gasteiger partial charge >= 0.3 is 5.97 Å². The normalized spacial score (nSPS) is 16.2.